The third-order valence-corrected chi connectivity index (χ3v) is 1.35. The standard InChI is InChI=1S/C8H11NO/c1-9-7-3-5-8(10-2)6-4-7/h3-6H,1,9H2,2H3. The molecular formula is C8H11NO. The van der Waals surface area contributed by atoms with Crippen LogP contribution in [0, 0.1) is 7.05 Å². The molecule has 2 N–H and O–H groups in total. The lowest BCUT2D eigenvalue weighted by atomic mass is 10.3. The van der Waals surface area contributed by atoms with Crippen LogP contribution in [-0.2, 0) is 0 Å². The van der Waals surface area contributed by atoms with Crippen LogP contribution in [0.3, 0.4) is 0 Å². The molecule has 0 unspecified atom stereocenters. The van der Waals surface area contributed by atoms with Gasteiger partial charge in [0.05, 0.1) is 7.11 Å². The molecule has 0 fully saturated rings. The lowest BCUT2D eigenvalue weighted by molar-refractivity contribution is -0.504. The first-order valence-corrected chi connectivity index (χ1v) is 3.13. The van der Waals surface area contributed by atoms with Gasteiger partial charge in [-0.15, -0.1) is 7.05 Å². The van der Waals surface area contributed by atoms with E-state index in [1.54, 1.807) is 12.4 Å². The molecule has 0 aliphatic heterocycles. The van der Waals surface area contributed by atoms with Gasteiger partial charge >= 0.3 is 0 Å². The van der Waals surface area contributed by atoms with Crippen LogP contribution >= 0.6 is 0 Å². The molecule has 0 saturated carbocycles. The average molecular weight is 137 g/mol. The Kier molecular flexibility index (Phi) is 2.29. The molecule has 1 rings (SSSR count). The zero-order chi connectivity index (χ0) is 7.40. The van der Waals surface area contributed by atoms with Gasteiger partial charge in [-0.3, -0.25) is 0 Å². The first-order chi connectivity index (χ1) is 4.86. The van der Waals surface area contributed by atoms with Gasteiger partial charge in [-0.25, -0.2) is 0 Å². The second kappa shape index (κ2) is 3.22. The first-order valence-electron chi connectivity index (χ1n) is 3.13. The molecular weight excluding hydrogens is 126 g/mol. The lowest BCUT2D eigenvalue weighted by Gasteiger charge is -2.00. The van der Waals surface area contributed by atoms with E-state index in [4.69, 9.17) is 4.74 Å². The topological polar surface area (TPSA) is 25.8 Å². The molecule has 1 aromatic carbocycles. The highest BCUT2D eigenvalue weighted by Crippen LogP contribution is 2.10. The van der Waals surface area contributed by atoms with Crippen LogP contribution in [0.15, 0.2) is 24.3 Å². The zero-order valence-electron chi connectivity index (χ0n) is 6.00. The van der Waals surface area contributed by atoms with Crippen LogP contribution < -0.4 is 10.1 Å². The minimum atomic E-state index is 0.880. The van der Waals surface area contributed by atoms with Gasteiger partial charge in [-0.1, -0.05) is 0 Å². The van der Waals surface area contributed by atoms with Crippen molar-refractivity contribution in [1.82, 2.24) is 0 Å². The first kappa shape index (κ1) is 7.09. The van der Waals surface area contributed by atoms with E-state index in [2.05, 4.69) is 7.05 Å². The van der Waals surface area contributed by atoms with E-state index in [1.165, 1.54) is 0 Å². The van der Waals surface area contributed by atoms with Gasteiger partial charge in [-0.05, 0) is 12.1 Å². The minimum absolute atomic E-state index is 0.880. The maximum atomic E-state index is 4.98. The molecule has 0 amide bonds. The molecule has 2 heteroatoms. The summed E-state index contributed by atoms with van der Waals surface area (Å²) in [5, 5.41) is 1.80. The molecule has 0 spiro atoms. The van der Waals surface area contributed by atoms with Gasteiger partial charge in [0.25, 0.3) is 0 Å². The molecule has 0 bridgehead atoms. The summed E-state index contributed by atoms with van der Waals surface area (Å²) >= 11 is 0. The number of ether oxygens (including phenoxy) is 1. The fourth-order valence-corrected chi connectivity index (χ4v) is 0.740. The Morgan fingerprint density at radius 3 is 2.30 bits per heavy atom. The number of nitrogens with two attached hydrogens (primary N) is 1. The van der Waals surface area contributed by atoms with Crippen molar-refractivity contribution >= 4 is 5.69 Å². The fraction of sp³-hybridized carbons (Fsp3) is 0.125. The molecule has 2 nitrogen and oxygen atoms in total. The molecule has 0 radical (unpaired) electrons. The molecule has 0 aliphatic rings. The van der Waals surface area contributed by atoms with Crippen molar-refractivity contribution in [2.45, 2.75) is 0 Å². The van der Waals surface area contributed by atoms with Gasteiger partial charge in [0, 0.05) is 12.1 Å². The van der Waals surface area contributed by atoms with Crippen molar-refractivity contribution in [3.8, 4) is 5.75 Å². The highest BCUT2D eigenvalue weighted by Gasteiger charge is 1.90. The average Bonchev–Trinajstić information content (AvgIpc) is 2.05. The van der Waals surface area contributed by atoms with Crippen molar-refractivity contribution in [1.29, 1.82) is 0 Å². The Bertz CT molecular complexity index is 170. The van der Waals surface area contributed by atoms with E-state index in [9.17, 15) is 0 Å². The minimum Gasteiger partial charge on any atom is -0.497 e. The maximum Gasteiger partial charge on any atom is 0.119 e. The maximum absolute atomic E-state index is 4.98. The monoisotopic (exact) mass is 137 g/mol. The van der Waals surface area contributed by atoms with Crippen LogP contribution in [0.25, 0.3) is 0 Å². The Morgan fingerprint density at radius 2 is 1.90 bits per heavy atom. The number of hydrogen-bond donors (Lipinski definition) is 1. The van der Waals surface area contributed by atoms with Crippen molar-refractivity contribution < 1.29 is 10.1 Å². The number of rotatable bonds is 2. The van der Waals surface area contributed by atoms with Crippen LogP contribution in [0.1, 0.15) is 0 Å². The summed E-state index contributed by atoms with van der Waals surface area (Å²) in [5.74, 6) is 0.880. The second-order valence-electron chi connectivity index (χ2n) is 1.98. The van der Waals surface area contributed by atoms with Gasteiger partial charge in [0.15, 0.2) is 0 Å². The summed E-state index contributed by atoms with van der Waals surface area (Å²) < 4.78 is 4.98. The quantitative estimate of drug-likeness (QED) is 0.471. The highest BCUT2D eigenvalue weighted by molar-refractivity contribution is 5.34. The third kappa shape index (κ3) is 1.48. The lowest BCUT2D eigenvalue weighted by Crippen LogP contribution is -2.69. The Hall–Kier alpha value is -1.02. The summed E-state index contributed by atoms with van der Waals surface area (Å²) in [6.45, 7) is 0. The van der Waals surface area contributed by atoms with E-state index < -0.39 is 0 Å². The second-order valence-corrected chi connectivity index (χ2v) is 1.98. The van der Waals surface area contributed by atoms with E-state index in [-0.39, 0.29) is 0 Å². The Labute approximate surface area is 60.8 Å². The largest absolute Gasteiger partial charge is 0.497 e. The molecule has 0 heterocycles. The molecule has 0 aliphatic carbocycles. The summed E-state index contributed by atoms with van der Waals surface area (Å²) in [7, 11) is 5.30. The van der Waals surface area contributed by atoms with Gasteiger partial charge in [-0.2, -0.15) is 0 Å². The van der Waals surface area contributed by atoms with E-state index in [0.29, 0.717) is 0 Å². The SMILES string of the molecule is [CH2-][NH2+]c1ccc(OC)cc1. The predicted octanol–water partition coefficient (Wildman–Crippen LogP) is 0.682. The molecule has 10 heavy (non-hydrogen) atoms. The Balaban J connectivity index is 2.80. The Morgan fingerprint density at radius 1 is 1.30 bits per heavy atom. The summed E-state index contributed by atoms with van der Waals surface area (Å²) in [6.07, 6.45) is 0. The highest BCUT2D eigenvalue weighted by atomic mass is 16.5. The van der Waals surface area contributed by atoms with Crippen molar-refractivity contribution in [3.05, 3.63) is 31.3 Å². The van der Waals surface area contributed by atoms with Crippen molar-refractivity contribution in [2.24, 2.45) is 0 Å². The number of hydrogen-bond acceptors (Lipinski definition) is 1. The fourth-order valence-electron chi connectivity index (χ4n) is 0.740. The van der Waals surface area contributed by atoms with Crippen LogP contribution in [0.4, 0.5) is 5.69 Å². The summed E-state index contributed by atoms with van der Waals surface area (Å²) in [6, 6.07) is 7.76. The van der Waals surface area contributed by atoms with Gasteiger partial charge in [0.1, 0.15) is 11.4 Å². The predicted molar refractivity (Wildman–Crippen MR) is 39.9 cm³/mol. The van der Waals surface area contributed by atoms with Crippen molar-refractivity contribution in [2.75, 3.05) is 7.11 Å². The molecule has 0 atom stereocenters. The van der Waals surface area contributed by atoms with Gasteiger partial charge < -0.3 is 10.1 Å². The smallest absolute Gasteiger partial charge is 0.119 e. The normalized spacial score (nSPS) is 9.40. The van der Waals surface area contributed by atoms with Crippen molar-refractivity contribution in [3.63, 3.8) is 0 Å². The number of benzene rings is 1. The van der Waals surface area contributed by atoms with Crippen LogP contribution in [0.2, 0.25) is 0 Å². The summed E-state index contributed by atoms with van der Waals surface area (Å²) in [5.41, 5.74) is 1.11. The van der Waals surface area contributed by atoms with E-state index in [1.807, 2.05) is 24.3 Å². The third-order valence-electron chi connectivity index (χ3n) is 1.35. The zero-order valence-corrected chi connectivity index (χ0v) is 6.00. The van der Waals surface area contributed by atoms with Gasteiger partial charge in [0.2, 0.25) is 0 Å². The summed E-state index contributed by atoms with van der Waals surface area (Å²) in [4.78, 5) is 0. The molecule has 0 saturated heterocycles. The molecule has 0 aromatic heterocycles. The van der Waals surface area contributed by atoms with E-state index >= 15 is 0 Å². The molecule has 54 valence electrons. The number of quaternary nitrogens is 1. The van der Waals surface area contributed by atoms with Crippen LogP contribution in [-0.4, -0.2) is 7.11 Å². The van der Waals surface area contributed by atoms with Crippen LogP contribution in [0.5, 0.6) is 5.75 Å². The number of methoxy groups -OCH3 is 1. The molecule has 1 aromatic rings. The van der Waals surface area contributed by atoms with E-state index in [0.717, 1.165) is 11.4 Å².